The highest BCUT2D eigenvalue weighted by Gasteiger charge is 2.29. The summed E-state index contributed by atoms with van der Waals surface area (Å²) in [7, 11) is 0. The highest BCUT2D eigenvalue weighted by Crippen LogP contribution is 2.32. The monoisotopic (exact) mass is 213 g/mol. The highest BCUT2D eigenvalue weighted by molar-refractivity contribution is 6.31. The standard InChI is InChI=1S/C11H13ClFN/c12-11-4-2-1-3-9(11)10-7-14-6-8(10)5-13/h1-4,8,10,14H,5-7H2/t8-,10+/m0/s1. The lowest BCUT2D eigenvalue weighted by Gasteiger charge is -2.16. The summed E-state index contributed by atoms with van der Waals surface area (Å²) in [6.07, 6.45) is 0. The largest absolute Gasteiger partial charge is 0.316 e. The molecule has 0 saturated carbocycles. The lowest BCUT2D eigenvalue weighted by molar-refractivity contribution is 0.358. The molecule has 0 spiro atoms. The van der Waals surface area contributed by atoms with Crippen molar-refractivity contribution < 1.29 is 4.39 Å². The normalized spacial score (nSPS) is 26.7. The lowest BCUT2D eigenvalue weighted by Crippen LogP contribution is -2.12. The van der Waals surface area contributed by atoms with E-state index in [1.54, 1.807) is 0 Å². The maximum absolute atomic E-state index is 12.7. The first-order chi connectivity index (χ1) is 6.83. The Kier molecular flexibility index (Phi) is 3.04. The molecule has 1 N–H and O–H groups in total. The summed E-state index contributed by atoms with van der Waals surface area (Å²) >= 11 is 6.08. The van der Waals surface area contributed by atoms with Gasteiger partial charge in [0, 0.05) is 29.9 Å². The summed E-state index contributed by atoms with van der Waals surface area (Å²) < 4.78 is 12.7. The smallest absolute Gasteiger partial charge is 0.0941 e. The summed E-state index contributed by atoms with van der Waals surface area (Å²) in [6, 6.07) is 7.71. The molecule has 0 radical (unpaired) electrons. The third kappa shape index (κ3) is 1.77. The highest BCUT2D eigenvalue weighted by atomic mass is 35.5. The summed E-state index contributed by atoms with van der Waals surface area (Å²) in [5, 5.41) is 3.95. The number of nitrogens with one attached hydrogen (secondary N) is 1. The molecule has 0 bridgehead atoms. The van der Waals surface area contributed by atoms with Crippen molar-refractivity contribution in [2.75, 3.05) is 19.8 Å². The third-order valence-corrected chi connectivity index (χ3v) is 3.19. The Bertz CT molecular complexity index is 316. The van der Waals surface area contributed by atoms with E-state index >= 15 is 0 Å². The van der Waals surface area contributed by atoms with E-state index in [0.29, 0.717) is 0 Å². The van der Waals surface area contributed by atoms with Crippen LogP contribution in [-0.4, -0.2) is 19.8 Å². The van der Waals surface area contributed by atoms with Crippen molar-refractivity contribution in [1.82, 2.24) is 5.32 Å². The second kappa shape index (κ2) is 4.28. The summed E-state index contributed by atoms with van der Waals surface area (Å²) in [5.74, 6) is 0.309. The van der Waals surface area contributed by atoms with Gasteiger partial charge < -0.3 is 5.32 Å². The second-order valence-electron chi connectivity index (χ2n) is 3.70. The molecular formula is C11H13ClFN. The van der Waals surface area contributed by atoms with Gasteiger partial charge in [-0.3, -0.25) is 4.39 Å². The second-order valence-corrected chi connectivity index (χ2v) is 4.11. The van der Waals surface area contributed by atoms with Crippen LogP contribution in [0.1, 0.15) is 11.5 Å². The minimum atomic E-state index is -0.275. The molecule has 1 aromatic carbocycles. The van der Waals surface area contributed by atoms with E-state index in [0.717, 1.165) is 23.7 Å². The topological polar surface area (TPSA) is 12.0 Å². The van der Waals surface area contributed by atoms with E-state index in [4.69, 9.17) is 11.6 Å². The molecule has 1 aromatic rings. The summed E-state index contributed by atoms with van der Waals surface area (Å²) in [5.41, 5.74) is 1.07. The van der Waals surface area contributed by atoms with E-state index < -0.39 is 0 Å². The van der Waals surface area contributed by atoms with Crippen LogP contribution in [0, 0.1) is 5.92 Å². The Morgan fingerprint density at radius 3 is 2.86 bits per heavy atom. The van der Waals surface area contributed by atoms with Crippen molar-refractivity contribution in [3.05, 3.63) is 34.9 Å². The van der Waals surface area contributed by atoms with Crippen molar-refractivity contribution in [2.45, 2.75) is 5.92 Å². The Balaban J connectivity index is 2.26. The number of halogens is 2. The van der Waals surface area contributed by atoms with Crippen LogP contribution < -0.4 is 5.32 Å². The molecule has 0 aromatic heterocycles. The number of hydrogen-bond acceptors (Lipinski definition) is 1. The van der Waals surface area contributed by atoms with Gasteiger partial charge >= 0.3 is 0 Å². The molecule has 1 aliphatic rings. The average Bonchev–Trinajstić information content (AvgIpc) is 2.66. The van der Waals surface area contributed by atoms with Gasteiger partial charge in [0.05, 0.1) is 6.67 Å². The lowest BCUT2D eigenvalue weighted by atomic mass is 9.90. The fourth-order valence-electron chi connectivity index (χ4n) is 2.03. The molecule has 1 nitrogen and oxygen atoms in total. The Morgan fingerprint density at radius 2 is 2.14 bits per heavy atom. The Hall–Kier alpha value is -0.600. The first-order valence-corrected chi connectivity index (χ1v) is 5.22. The molecule has 1 aliphatic heterocycles. The predicted molar refractivity (Wildman–Crippen MR) is 56.5 cm³/mol. The van der Waals surface area contributed by atoms with Gasteiger partial charge in [-0.2, -0.15) is 0 Å². The summed E-state index contributed by atoms with van der Waals surface area (Å²) in [6.45, 7) is 1.31. The minimum absolute atomic E-state index is 0.0786. The van der Waals surface area contributed by atoms with Crippen LogP contribution in [0.2, 0.25) is 5.02 Å². The molecule has 76 valence electrons. The Morgan fingerprint density at radius 1 is 1.36 bits per heavy atom. The van der Waals surface area contributed by atoms with Gasteiger partial charge in [-0.15, -0.1) is 0 Å². The van der Waals surface area contributed by atoms with Crippen LogP contribution in [0.25, 0.3) is 0 Å². The van der Waals surface area contributed by atoms with Crippen LogP contribution in [0.5, 0.6) is 0 Å². The first kappa shape index (κ1) is 9.94. The van der Waals surface area contributed by atoms with Gasteiger partial charge in [0.25, 0.3) is 0 Å². The molecule has 1 saturated heterocycles. The van der Waals surface area contributed by atoms with Gasteiger partial charge in [0.1, 0.15) is 0 Å². The van der Waals surface area contributed by atoms with Crippen LogP contribution in [0.15, 0.2) is 24.3 Å². The molecule has 14 heavy (non-hydrogen) atoms. The van der Waals surface area contributed by atoms with Crippen LogP contribution in [0.4, 0.5) is 4.39 Å². The molecule has 1 heterocycles. The molecule has 0 aliphatic carbocycles. The molecule has 0 amide bonds. The quantitative estimate of drug-likeness (QED) is 0.797. The SMILES string of the molecule is FC[C@H]1CNC[C@H]1c1ccccc1Cl. The van der Waals surface area contributed by atoms with Crippen LogP contribution in [-0.2, 0) is 0 Å². The van der Waals surface area contributed by atoms with Gasteiger partial charge in [-0.05, 0) is 11.6 Å². The number of alkyl halides is 1. The van der Waals surface area contributed by atoms with Crippen molar-refractivity contribution in [3.8, 4) is 0 Å². The molecule has 2 atom stereocenters. The fourth-order valence-corrected chi connectivity index (χ4v) is 2.31. The van der Waals surface area contributed by atoms with Crippen molar-refractivity contribution >= 4 is 11.6 Å². The van der Waals surface area contributed by atoms with Crippen molar-refractivity contribution in [1.29, 1.82) is 0 Å². The zero-order chi connectivity index (χ0) is 9.97. The number of rotatable bonds is 2. The third-order valence-electron chi connectivity index (χ3n) is 2.84. The van der Waals surface area contributed by atoms with Crippen molar-refractivity contribution in [3.63, 3.8) is 0 Å². The van der Waals surface area contributed by atoms with E-state index in [2.05, 4.69) is 5.32 Å². The molecule has 2 rings (SSSR count). The fraction of sp³-hybridized carbons (Fsp3) is 0.455. The van der Waals surface area contributed by atoms with Crippen molar-refractivity contribution in [2.24, 2.45) is 5.92 Å². The maximum Gasteiger partial charge on any atom is 0.0941 e. The zero-order valence-corrected chi connectivity index (χ0v) is 8.60. The number of benzene rings is 1. The van der Waals surface area contributed by atoms with E-state index in [1.165, 1.54) is 0 Å². The van der Waals surface area contributed by atoms with Gasteiger partial charge in [0.2, 0.25) is 0 Å². The minimum Gasteiger partial charge on any atom is -0.316 e. The Labute approximate surface area is 88.3 Å². The molecule has 3 heteroatoms. The molecule has 1 fully saturated rings. The zero-order valence-electron chi connectivity index (χ0n) is 7.84. The predicted octanol–water partition coefficient (Wildman–Crippen LogP) is 2.61. The molecular weight excluding hydrogens is 201 g/mol. The average molecular weight is 214 g/mol. The summed E-state index contributed by atoms with van der Waals surface area (Å²) in [4.78, 5) is 0. The van der Waals surface area contributed by atoms with E-state index in [9.17, 15) is 4.39 Å². The number of hydrogen-bond donors (Lipinski definition) is 1. The van der Waals surface area contributed by atoms with Gasteiger partial charge in [-0.25, -0.2) is 0 Å². The van der Waals surface area contributed by atoms with Crippen LogP contribution in [0.3, 0.4) is 0 Å². The van der Waals surface area contributed by atoms with E-state index in [1.807, 2.05) is 24.3 Å². The first-order valence-electron chi connectivity index (χ1n) is 4.84. The van der Waals surface area contributed by atoms with Crippen LogP contribution >= 0.6 is 11.6 Å². The van der Waals surface area contributed by atoms with Gasteiger partial charge in [-0.1, -0.05) is 29.8 Å². The van der Waals surface area contributed by atoms with E-state index in [-0.39, 0.29) is 18.5 Å². The maximum atomic E-state index is 12.7. The van der Waals surface area contributed by atoms with Gasteiger partial charge in [0.15, 0.2) is 0 Å². The molecule has 0 unspecified atom stereocenters.